The van der Waals surface area contributed by atoms with Crippen molar-refractivity contribution in [2.75, 3.05) is 13.1 Å². The molecule has 5 rings (SSSR count). The van der Waals surface area contributed by atoms with Gasteiger partial charge in [-0.2, -0.15) is 21.6 Å². The van der Waals surface area contributed by atoms with Crippen molar-refractivity contribution in [3.63, 3.8) is 0 Å². The molecule has 5 nitrogen and oxygen atoms in total. The van der Waals surface area contributed by atoms with E-state index in [0.717, 1.165) is 45.2 Å². The fourth-order valence-corrected chi connectivity index (χ4v) is 5.35. The minimum atomic E-state index is -5.84. The van der Waals surface area contributed by atoms with Crippen molar-refractivity contribution in [1.29, 1.82) is 0 Å². The lowest BCUT2D eigenvalue weighted by atomic mass is 9.85. The van der Waals surface area contributed by atoms with E-state index in [1.54, 1.807) is 11.1 Å². The molecule has 1 unspecified atom stereocenters. The molecule has 9 heteroatoms. The van der Waals surface area contributed by atoms with E-state index in [1.165, 1.54) is 29.5 Å². The third-order valence-corrected chi connectivity index (χ3v) is 8.17. The molecule has 1 amide bonds. The van der Waals surface area contributed by atoms with Gasteiger partial charge in [0.25, 0.3) is 0 Å². The van der Waals surface area contributed by atoms with Gasteiger partial charge < -0.3 is 4.90 Å². The van der Waals surface area contributed by atoms with E-state index in [2.05, 4.69) is 54.3 Å². The molecule has 2 aliphatic carbocycles. The molecule has 1 aliphatic heterocycles. The minimum Gasteiger partial charge on any atom is -0.342 e. The Morgan fingerprint density at radius 2 is 1.67 bits per heavy atom. The van der Waals surface area contributed by atoms with E-state index in [0.29, 0.717) is 23.7 Å². The number of likely N-dealkylation sites (tertiary alicyclic amines) is 1. The van der Waals surface area contributed by atoms with Gasteiger partial charge in [0.1, 0.15) is 0 Å². The first kappa shape index (κ1) is 26.7. The first-order valence-electron chi connectivity index (χ1n) is 12.4. The third kappa shape index (κ3) is 6.29. The monoisotopic (exact) mass is 523 g/mol. The van der Waals surface area contributed by atoms with Crippen molar-refractivity contribution < 1.29 is 30.9 Å². The van der Waals surface area contributed by atoms with E-state index >= 15 is 0 Å². The average molecular weight is 524 g/mol. The molecule has 1 N–H and O–H groups in total. The molecule has 0 spiro atoms. The van der Waals surface area contributed by atoms with Crippen molar-refractivity contribution in [2.24, 2.45) is 5.92 Å². The summed E-state index contributed by atoms with van der Waals surface area (Å²) in [5.74, 6) is 2.07. The Morgan fingerprint density at radius 1 is 1.03 bits per heavy atom. The van der Waals surface area contributed by atoms with Crippen molar-refractivity contribution in [3.05, 3.63) is 70.3 Å². The van der Waals surface area contributed by atoms with Crippen molar-refractivity contribution in [1.82, 2.24) is 4.90 Å². The molecule has 36 heavy (non-hydrogen) atoms. The summed E-state index contributed by atoms with van der Waals surface area (Å²) in [6.07, 6.45) is 8.15. The predicted octanol–water partition coefficient (Wildman–Crippen LogP) is 5.78. The molecule has 1 atom stereocenters. The lowest BCUT2D eigenvalue weighted by Crippen LogP contribution is -2.38. The Balaban J connectivity index is 0.000000331. The summed E-state index contributed by atoms with van der Waals surface area (Å²) >= 11 is 0. The van der Waals surface area contributed by atoms with Crippen molar-refractivity contribution in [2.45, 2.75) is 69.2 Å². The number of aryl methyl sites for hydroxylation is 2. The van der Waals surface area contributed by atoms with Crippen LogP contribution in [0.3, 0.4) is 0 Å². The van der Waals surface area contributed by atoms with Crippen LogP contribution in [0.25, 0.3) is 0 Å². The first-order valence-corrected chi connectivity index (χ1v) is 13.9. The highest BCUT2D eigenvalue weighted by molar-refractivity contribution is 7.86. The van der Waals surface area contributed by atoms with Crippen LogP contribution in [0, 0.1) is 12.8 Å². The molecule has 2 fully saturated rings. The largest absolute Gasteiger partial charge is 0.522 e. The summed E-state index contributed by atoms with van der Waals surface area (Å²) in [6.45, 7) is 4.17. The maximum atomic E-state index is 12.3. The summed E-state index contributed by atoms with van der Waals surface area (Å²) < 4.78 is 57.5. The van der Waals surface area contributed by atoms with E-state index in [-0.39, 0.29) is 0 Å². The fraction of sp³-hybridized carbons (Fsp3) is 0.519. The SMILES string of the molecule is Cc1cc(C2CCN(C(=O)C3CC3)CC2)ccc1CC1CCc2ccccc21.O=S(=O)(O)C(F)(F)F. The van der Waals surface area contributed by atoms with Crippen LogP contribution < -0.4 is 0 Å². The zero-order chi connectivity index (χ0) is 26.1. The van der Waals surface area contributed by atoms with Gasteiger partial charge in [-0.05, 0) is 91.5 Å². The van der Waals surface area contributed by atoms with Gasteiger partial charge in [-0.25, -0.2) is 0 Å². The lowest BCUT2D eigenvalue weighted by molar-refractivity contribution is -0.133. The number of amides is 1. The van der Waals surface area contributed by atoms with Gasteiger partial charge in [0.15, 0.2) is 0 Å². The van der Waals surface area contributed by atoms with Gasteiger partial charge in [0, 0.05) is 19.0 Å². The molecule has 1 heterocycles. The lowest BCUT2D eigenvalue weighted by Gasteiger charge is -2.32. The molecule has 196 valence electrons. The number of carbonyl (C=O) groups excluding carboxylic acids is 1. The van der Waals surface area contributed by atoms with E-state index in [9.17, 15) is 18.0 Å². The number of fused-ring (bicyclic) bond motifs is 1. The second-order valence-corrected chi connectivity index (χ2v) is 11.5. The summed E-state index contributed by atoms with van der Waals surface area (Å²) in [5.41, 5.74) is 2.01. The van der Waals surface area contributed by atoms with Gasteiger partial charge in [0.05, 0.1) is 0 Å². The van der Waals surface area contributed by atoms with E-state index < -0.39 is 15.6 Å². The Hall–Kier alpha value is -2.39. The van der Waals surface area contributed by atoms with Gasteiger partial charge in [-0.1, -0.05) is 42.5 Å². The van der Waals surface area contributed by atoms with Gasteiger partial charge in [-0.15, -0.1) is 0 Å². The second kappa shape index (κ2) is 10.5. The number of alkyl halides is 3. The number of benzene rings is 2. The summed E-state index contributed by atoms with van der Waals surface area (Å²) in [6, 6.07) is 16.2. The number of hydrogen-bond acceptors (Lipinski definition) is 3. The zero-order valence-electron chi connectivity index (χ0n) is 20.3. The number of rotatable bonds is 4. The zero-order valence-corrected chi connectivity index (χ0v) is 21.1. The van der Waals surface area contributed by atoms with Crippen LogP contribution in [0.2, 0.25) is 0 Å². The molecule has 2 aromatic rings. The highest BCUT2D eigenvalue weighted by Gasteiger charge is 2.44. The van der Waals surface area contributed by atoms with Gasteiger partial charge in [-0.3, -0.25) is 9.35 Å². The van der Waals surface area contributed by atoms with Crippen LogP contribution in [0.15, 0.2) is 42.5 Å². The number of halogens is 3. The highest BCUT2D eigenvalue weighted by Crippen LogP contribution is 2.37. The second-order valence-electron chi connectivity index (χ2n) is 10.1. The minimum absolute atomic E-state index is 0.360. The fourth-order valence-electron chi connectivity index (χ4n) is 5.35. The average Bonchev–Trinajstić information content (AvgIpc) is 3.60. The van der Waals surface area contributed by atoms with Crippen LogP contribution in [-0.2, 0) is 27.8 Å². The third-order valence-electron chi connectivity index (χ3n) is 7.59. The summed E-state index contributed by atoms with van der Waals surface area (Å²) in [7, 11) is -5.84. The predicted molar refractivity (Wildman–Crippen MR) is 131 cm³/mol. The molecule has 1 saturated carbocycles. The Kier molecular flexibility index (Phi) is 7.80. The van der Waals surface area contributed by atoms with E-state index in [1.807, 2.05) is 0 Å². The smallest absolute Gasteiger partial charge is 0.342 e. The molecule has 0 aromatic heterocycles. The van der Waals surface area contributed by atoms with Crippen LogP contribution in [0.5, 0.6) is 0 Å². The van der Waals surface area contributed by atoms with E-state index in [4.69, 9.17) is 13.0 Å². The summed E-state index contributed by atoms with van der Waals surface area (Å²) in [5, 5.41) is 0. The number of piperidine rings is 1. The maximum Gasteiger partial charge on any atom is 0.522 e. The molecular weight excluding hydrogens is 491 g/mol. The van der Waals surface area contributed by atoms with Gasteiger partial charge in [0.2, 0.25) is 5.91 Å². The Morgan fingerprint density at radius 3 is 2.25 bits per heavy atom. The summed E-state index contributed by atoms with van der Waals surface area (Å²) in [4.78, 5) is 14.4. The Bertz CT molecular complexity index is 1200. The van der Waals surface area contributed by atoms with Gasteiger partial charge >= 0.3 is 15.6 Å². The topological polar surface area (TPSA) is 74.7 Å². The molecule has 2 aromatic carbocycles. The Labute approximate surface area is 210 Å². The normalized spacial score (nSPS) is 20.5. The highest BCUT2D eigenvalue weighted by atomic mass is 32.2. The maximum absolute atomic E-state index is 12.3. The molecular formula is C27H32F3NO4S. The van der Waals surface area contributed by atoms with Crippen molar-refractivity contribution >= 4 is 16.0 Å². The number of carbonyl (C=O) groups is 1. The molecule has 0 bridgehead atoms. The van der Waals surface area contributed by atoms with Crippen LogP contribution in [0.1, 0.15) is 71.8 Å². The quantitative estimate of drug-likeness (QED) is 0.407. The molecule has 3 aliphatic rings. The van der Waals surface area contributed by atoms with Crippen LogP contribution in [-0.4, -0.2) is 42.4 Å². The van der Waals surface area contributed by atoms with Crippen LogP contribution >= 0.6 is 0 Å². The molecule has 0 radical (unpaired) electrons. The van der Waals surface area contributed by atoms with Crippen LogP contribution in [0.4, 0.5) is 13.2 Å². The van der Waals surface area contributed by atoms with Crippen molar-refractivity contribution in [3.8, 4) is 0 Å². The molecule has 1 saturated heterocycles. The standard InChI is InChI=1S/C26H31NO.CHF3O3S/c1-18-16-23(19-12-14-27(15-13-19)26(28)21-7-8-21)10-9-22(18)17-24-11-6-20-4-2-3-5-25(20)24;2-1(3,4)8(5,6)7/h2-5,9-10,16,19,21,24H,6-8,11-15,17H2,1H3;(H,5,6,7). The number of nitrogens with zero attached hydrogens (tertiary/aromatic N) is 1. The number of hydrogen-bond donors (Lipinski definition) is 1. The first-order chi connectivity index (χ1) is 16.9.